The molecule has 1 saturated heterocycles. The van der Waals surface area contributed by atoms with E-state index in [-0.39, 0.29) is 5.68 Å². The zero-order valence-electron chi connectivity index (χ0n) is 3.96. The summed E-state index contributed by atoms with van der Waals surface area (Å²) in [6, 6.07) is 0. The summed E-state index contributed by atoms with van der Waals surface area (Å²) in [5.41, 5.74) is -0.367. The van der Waals surface area contributed by atoms with E-state index in [1.54, 1.807) is 11.4 Å². The Morgan fingerprint density at radius 1 is 1.75 bits per heavy atom. The third-order valence-corrected chi connectivity index (χ3v) is 8.01. The van der Waals surface area contributed by atoms with Gasteiger partial charge in [-0.3, -0.25) is 0 Å². The number of hydrogen-bond donors (Lipinski definition) is 0. The second-order valence-corrected chi connectivity index (χ2v) is 10.2. The van der Waals surface area contributed by atoms with Crippen molar-refractivity contribution in [2.75, 3.05) is 5.75 Å². The number of hydrogen-bond acceptors (Lipinski definition) is 3. The van der Waals surface area contributed by atoms with Crippen LogP contribution >= 0.6 is 51.9 Å². The largest absolute Gasteiger partial charge is 0.115 e. The highest BCUT2D eigenvalue weighted by atomic mass is 35.7. The molecule has 1 heterocycles. The second kappa shape index (κ2) is 3.62. The van der Waals surface area contributed by atoms with Crippen molar-refractivity contribution in [2.45, 2.75) is 6.42 Å². The Balaban J connectivity index is 2.34. The van der Waals surface area contributed by atoms with E-state index in [1.807, 2.05) is 11.4 Å². The molecule has 1 rings (SSSR count). The van der Waals surface area contributed by atoms with Gasteiger partial charge in [0.2, 0.25) is 0 Å². The fourth-order valence-corrected chi connectivity index (χ4v) is 7.96. The van der Waals surface area contributed by atoms with Gasteiger partial charge in [-0.2, -0.15) is 0 Å². The Morgan fingerprint density at radius 3 is 2.88 bits per heavy atom. The molecule has 46 valence electrons. The van der Waals surface area contributed by atoms with Crippen LogP contribution in [0.5, 0.6) is 0 Å². The van der Waals surface area contributed by atoms with E-state index in [4.69, 9.17) is 23.5 Å². The summed E-state index contributed by atoms with van der Waals surface area (Å²) >= 11 is 14.3. The van der Waals surface area contributed by atoms with Gasteiger partial charge in [-0.25, -0.2) is 0 Å². The molecule has 1 unspecified atom stereocenters. The van der Waals surface area contributed by atoms with E-state index < -0.39 is 0 Å². The molecular weight excluding hydrogens is 199 g/mol. The molecule has 0 aromatic rings. The summed E-state index contributed by atoms with van der Waals surface area (Å²) in [6.45, 7) is 0. The molecule has 1 fully saturated rings. The maximum absolute atomic E-state index is 5.81. The highest BCUT2D eigenvalue weighted by Gasteiger charge is 2.14. The van der Waals surface area contributed by atoms with Crippen molar-refractivity contribution >= 4 is 56.1 Å². The molecule has 0 aromatic heterocycles. The fourth-order valence-electron chi connectivity index (χ4n) is 0.353. The molecule has 0 bridgehead atoms. The Bertz CT molecular complexity index is 107. The molecule has 1 atom stereocenters. The Hall–Kier alpha value is 1.51. The molecule has 5 heteroatoms. The second-order valence-electron chi connectivity index (χ2n) is 1.26. The van der Waals surface area contributed by atoms with Gasteiger partial charge in [0.15, 0.2) is 0 Å². The lowest BCUT2D eigenvalue weighted by molar-refractivity contribution is 1.38. The maximum Gasteiger partial charge on any atom is 0.115 e. The minimum absolute atomic E-state index is 0.367. The summed E-state index contributed by atoms with van der Waals surface area (Å²) in [5.74, 6) is 1.13. The first-order valence-electron chi connectivity index (χ1n) is 2.08. The highest BCUT2D eigenvalue weighted by molar-refractivity contribution is 8.98. The van der Waals surface area contributed by atoms with E-state index in [2.05, 4.69) is 0 Å². The van der Waals surface area contributed by atoms with E-state index in [0.717, 1.165) is 16.4 Å². The van der Waals surface area contributed by atoms with Crippen LogP contribution in [-0.2, 0) is 0 Å². The zero-order valence-corrected chi connectivity index (χ0v) is 8.06. The number of thiocarbonyl (C=S) groups is 1. The smallest absolute Gasteiger partial charge is 0.107 e. The molecule has 1 aliphatic heterocycles. The average Bonchev–Trinajstić information content (AvgIpc) is 1.64. The van der Waals surface area contributed by atoms with Crippen molar-refractivity contribution < 1.29 is 0 Å². The van der Waals surface area contributed by atoms with Crippen LogP contribution in [0.3, 0.4) is 0 Å². The maximum atomic E-state index is 5.81. The minimum atomic E-state index is -0.367. The first-order valence-corrected chi connectivity index (χ1v) is 7.75. The molecule has 0 saturated carbocycles. The van der Waals surface area contributed by atoms with E-state index in [0.29, 0.717) is 0 Å². The summed E-state index contributed by atoms with van der Waals surface area (Å²) in [4.78, 5) is 0. The normalized spacial score (nSPS) is 30.6. The highest BCUT2D eigenvalue weighted by Crippen LogP contribution is 2.68. The first-order chi connectivity index (χ1) is 3.79. The quantitative estimate of drug-likeness (QED) is 0.435. The van der Waals surface area contributed by atoms with Gasteiger partial charge in [0.05, 0.1) is 4.20 Å². The summed E-state index contributed by atoms with van der Waals surface area (Å²) in [5, 5.41) is 0. The molecule has 0 spiro atoms. The Morgan fingerprint density at radius 2 is 2.50 bits per heavy atom. The van der Waals surface area contributed by atoms with Crippen molar-refractivity contribution in [3.63, 3.8) is 0 Å². The lowest BCUT2D eigenvalue weighted by Crippen LogP contribution is -1.91. The van der Waals surface area contributed by atoms with E-state index >= 15 is 0 Å². The van der Waals surface area contributed by atoms with Gasteiger partial charge < -0.3 is 0 Å². The molecule has 1 aliphatic rings. The molecular formula is C3H4ClPS3. The molecule has 0 N–H and O–H groups in total. The van der Waals surface area contributed by atoms with Crippen molar-refractivity contribution in [2.24, 2.45) is 0 Å². The predicted molar refractivity (Wildman–Crippen MR) is 50.0 cm³/mol. The molecule has 0 aliphatic carbocycles. The summed E-state index contributed by atoms with van der Waals surface area (Å²) in [7, 11) is 0. The van der Waals surface area contributed by atoms with Crippen LogP contribution in [0.15, 0.2) is 0 Å². The topological polar surface area (TPSA) is 0 Å². The molecule has 0 nitrogen and oxygen atoms in total. The van der Waals surface area contributed by atoms with Gasteiger partial charge in [0, 0.05) is 5.75 Å². The van der Waals surface area contributed by atoms with Gasteiger partial charge in [0.25, 0.3) is 0 Å². The standard InChI is InChI=1S/C3H4ClPS3/c4-5-7-2-1-3(6)8-5/h1-2H2. The van der Waals surface area contributed by atoms with Crippen LogP contribution in [-0.4, -0.2) is 9.95 Å². The first kappa shape index (κ1) is 7.62. The molecule has 0 aromatic carbocycles. The third kappa shape index (κ3) is 2.40. The van der Waals surface area contributed by atoms with E-state index in [1.165, 1.54) is 0 Å². The number of rotatable bonds is 0. The Kier molecular flexibility index (Phi) is 3.45. The van der Waals surface area contributed by atoms with Crippen LogP contribution in [0.2, 0.25) is 0 Å². The fraction of sp³-hybridized carbons (Fsp3) is 0.667. The zero-order chi connectivity index (χ0) is 5.98. The lowest BCUT2D eigenvalue weighted by Gasteiger charge is -2.13. The van der Waals surface area contributed by atoms with Crippen LogP contribution in [0.4, 0.5) is 0 Å². The van der Waals surface area contributed by atoms with Crippen molar-refractivity contribution in [3.8, 4) is 0 Å². The van der Waals surface area contributed by atoms with Crippen molar-refractivity contribution in [1.29, 1.82) is 0 Å². The van der Waals surface area contributed by atoms with Gasteiger partial charge in [-0.1, -0.05) is 34.8 Å². The van der Waals surface area contributed by atoms with Crippen molar-refractivity contribution in [3.05, 3.63) is 0 Å². The molecule has 0 radical (unpaired) electrons. The Labute approximate surface area is 68.2 Å². The molecule has 8 heavy (non-hydrogen) atoms. The van der Waals surface area contributed by atoms with Crippen LogP contribution < -0.4 is 0 Å². The summed E-state index contributed by atoms with van der Waals surface area (Å²) in [6.07, 6.45) is 1.07. The van der Waals surface area contributed by atoms with Crippen LogP contribution in [0.25, 0.3) is 0 Å². The monoisotopic (exact) mass is 202 g/mol. The minimum Gasteiger partial charge on any atom is -0.107 e. The van der Waals surface area contributed by atoms with Gasteiger partial charge in [0.1, 0.15) is 5.68 Å². The van der Waals surface area contributed by atoms with Crippen molar-refractivity contribution in [1.82, 2.24) is 0 Å². The molecule has 0 amide bonds. The van der Waals surface area contributed by atoms with Gasteiger partial charge in [-0.15, -0.1) is 11.4 Å². The predicted octanol–water partition coefficient (Wildman–Crippen LogP) is 3.65. The van der Waals surface area contributed by atoms with E-state index in [9.17, 15) is 0 Å². The summed E-state index contributed by atoms with van der Waals surface area (Å²) < 4.78 is 1.09. The SMILES string of the molecule is S=C1CCSP(Cl)S1. The van der Waals surface area contributed by atoms with Crippen LogP contribution in [0.1, 0.15) is 6.42 Å². The lowest BCUT2D eigenvalue weighted by atomic mass is 10.6. The number of halogens is 1. The van der Waals surface area contributed by atoms with Gasteiger partial charge >= 0.3 is 0 Å². The average molecular weight is 203 g/mol. The van der Waals surface area contributed by atoms with Crippen LogP contribution in [0, 0.1) is 0 Å². The van der Waals surface area contributed by atoms with Gasteiger partial charge in [-0.05, 0) is 6.42 Å². The third-order valence-electron chi connectivity index (χ3n) is 0.673.